The van der Waals surface area contributed by atoms with E-state index in [1.54, 1.807) is 6.92 Å². The minimum atomic E-state index is -0.521. The zero-order valence-electron chi connectivity index (χ0n) is 8.46. The zero-order chi connectivity index (χ0) is 10.8. The van der Waals surface area contributed by atoms with Gasteiger partial charge in [-0.3, -0.25) is 0 Å². The largest absolute Gasteiger partial charge is 0.381 e. The van der Waals surface area contributed by atoms with E-state index in [2.05, 4.69) is 9.97 Å². The number of aryl methyl sites for hydroxylation is 1. The molecular formula is C10H12ClFN2O. The van der Waals surface area contributed by atoms with Crippen molar-refractivity contribution in [2.45, 2.75) is 25.7 Å². The van der Waals surface area contributed by atoms with Crippen LogP contribution in [0.4, 0.5) is 4.39 Å². The van der Waals surface area contributed by atoms with Crippen molar-refractivity contribution in [2.75, 3.05) is 13.2 Å². The van der Waals surface area contributed by atoms with Gasteiger partial charge in [0, 0.05) is 19.1 Å². The Kier molecular flexibility index (Phi) is 3.17. The summed E-state index contributed by atoms with van der Waals surface area (Å²) in [7, 11) is 0. The average molecular weight is 231 g/mol. The number of hydrogen-bond acceptors (Lipinski definition) is 3. The molecule has 0 aromatic carbocycles. The molecule has 15 heavy (non-hydrogen) atoms. The molecule has 1 aliphatic heterocycles. The van der Waals surface area contributed by atoms with Crippen molar-refractivity contribution in [1.29, 1.82) is 0 Å². The Morgan fingerprint density at radius 3 is 2.60 bits per heavy atom. The molecule has 0 radical (unpaired) electrons. The van der Waals surface area contributed by atoms with Gasteiger partial charge in [0.25, 0.3) is 0 Å². The third kappa shape index (κ3) is 2.26. The fraction of sp³-hybridized carbons (Fsp3) is 0.600. The second-order valence-corrected chi connectivity index (χ2v) is 4.02. The number of hydrogen-bond donors (Lipinski definition) is 0. The van der Waals surface area contributed by atoms with E-state index in [1.807, 2.05) is 0 Å². The van der Waals surface area contributed by atoms with Crippen LogP contribution in [-0.4, -0.2) is 23.2 Å². The molecule has 1 fully saturated rings. The molecule has 1 aromatic heterocycles. The molecule has 0 bridgehead atoms. The quantitative estimate of drug-likeness (QED) is 0.696. The molecule has 0 N–H and O–H groups in total. The van der Waals surface area contributed by atoms with Crippen molar-refractivity contribution in [3.63, 3.8) is 0 Å². The van der Waals surface area contributed by atoms with Gasteiger partial charge in [-0.15, -0.1) is 0 Å². The van der Waals surface area contributed by atoms with E-state index in [0.29, 0.717) is 24.7 Å². The number of halogens is 2. The first-order valence-electron chi connectivity index (χ1n) is 4.95. The zero-order valence-corrected chi connectivity index (χ0v) is 9.22. The molecule has 0 amide bonds. The summed E-state index contributed by atoms with van der Waals surface area (Å²) < 4.78 is 18.4. The highest BCUT2D eigenvalue weighted by atomic mass is 35.5. The lowest BCUT2D eigenvalue weighted by molar-refractivity contribution is 0.0835. The van der Waals surface area contributed by atoms with Gasteiger partial charge in [0.1, 0.15) is 5.82 Å². The Morgan fingerprint density at radius 2 is 2.00 bits per heavy atom. The van der Waals surface area contributed by atoms with Crippen LogP contribution in [0.1, 0.15) is 30.3 Å². The van der Waals surface area contributed by atoms with Gasteiger partial charge in [-0.1, -0.05) is 11.6 Å². The van der Waals surface area contributed by atoms with Crippen LogP contribution in [0.2, 0.25) is 5.15 Å². The van der Waals surface area contributed by atoms with Gasteiger partial charge in [-0.25, -0.2) is 14.4 Å². The maximum atomic E-state index is 13.2. The van der Waals surface area contributed by atoms with Crippen LogP contribution in [-0.2, 0) is 4.74 Å². The van der Waals surface area contributed by atoms with Gasteiger partial charge in [0.2, 0.25) is 0 Å². The smallest absolute Gasteiger partial charge is 0.181 e. The minimum absolute atomic E-state index is 0.0796. The van der Waals surface area contributed by atoms with E-state index in [9.17, 15) is 4.39 Å². The predicted molar refractivity (Wildman–Crippen MR) is 54.5 cm³/mol. The Balaban J connectivity index is 2.27. The molecular weight excluding hydrogens is 219 g/mol. The average Bonchev–Trinajstić information content (AvgIpc) is 2.26. The molecule has 0 saturated carbocycles. The van der Waals surface area contributed by atoms with E-state index in [0.717, 1.165) is 12.8 Å². The number of ether oxygens (including phenoxy) is 1. The van der Waals surface area contributed by atoms with Crippen molar-refractivity contribution < 1.29 is 9.13 Å². The van der Waals surface area contributed by atoms with Crippen molar-refractivity contribution >= 4 is 11.6 Å². The Morgan fingerprint density at radius 1 is 1.33 bits per heavy atom. The van der Waals surface area contributed by atoms with Gasteiger partial charge in [-0.2, -0.15) is 0 Å². The number of nitrogens with zero attached hydrogens (tertiary/aromatic N) is 2. The SMILES string of the molecule is Cc1nc(C2CCOCC2)nc(Cl)c1F. The summed E-state index contributed by atoms with van der Waals surface area (Å²) in [5, 5.41) is -0.0796. The highest BCUT2D eigenvalue weighted by Gasteiger charge is 2.20. The molecule has 2 heterocycles. The lowest BCUT2D eigenvalue weighted by Gasteiger charge is -2.21. The lowest BCUT2D eigenvalue weighted by atomic mass is 9.99. The minimum Gasteiger partial charge on any atom is -0.381 e. The summed E-state index contributed by atoms with van der Waals surface area (Å²) >= 11 is 5.68. The van der Waals surface area contributed by atoms with Crippen LogP contribution >= 0.6 is 11.6 Å². The maximum Gasteiger partial charge on any atom is 0.181 e. The molecule has 1 aromatic rings. The number of aromatic nitrogens is 2. The van der Waals surface area contributed by atoms with E-state index >= 15 is 0 Å². The molecule has 5 heteroatoms. The van der Waals surface area contributed by atoms with E-state index < -0.39 is 5.82 Å². The maximum absolute atomic E-state index is 13.2. The third-order valence-corrected chi connectivity index (χ3v) is 2.83. The summed E-state index contributed by atoms with van der Waals surface area (Å²) in [5.41, 5.74) is 0.316. The standard InChI is InChI=1S/C10H12ClFN2O/c1-6-8(12)9(11)14-10(13-6)7-2-4-15-5-3-7/h7H,2-5H2,1H3. The van der Waals surface area contributed by atoms with Crippen LogP contribution in [0.5, 0.6) is 0 Å². The topological polar surface area (TPSA) is 35.0 Å². The van der Waals surface area contributed by atoms with Crippen molar-refractivity contribution in [2.24, 2.45) is 0 Å². The first-order valence-corrected chi connectivity index (χ1v) is 5.33. The van der Waals surface area contributed by atoms with Crippen molar-refractivity contribution in [3.05, 3.63) is 22.5 Å². The third-order valence-electron chi connectivity index (χ3n) is 2.58. The highest BCUT2D eigenvalue weighted by molar-refractivity contribution is 6.29. The molecule has 0 unspecified atom stereocenters. The fourth-order valence-corrected chi connectivity index (χ4v) is 1.91. The predicted octanol–water partition coefficient (Wildman–Crippen LogP) is 2.47. The summed E-state index contributed by atoms with van der Waals surface area (Å²) in [6.07, 6.45) is 1.75. The van der Waals surface area contributed by atoms with Gasteiger partial charge in [-0.05, 0) is 19.8 Å². The highest BCUT2D eigenvalue weighted by Crippen LogP contribution is 2.26. The lowest BCUT2D eigenvalue weighted by Crippen LogP contribution is -2.17. The normalized spacial score (nSPS) is 18.1. The molecule has 0 spiro atoms. The molecule has 1 saturated heterocycles. The van der Waals surface area contributed by atoms with Crippen molar-refractivity contribution in [1.82, 2.24) is 9.97 Å². The molecule has 2 rings (SSSR count). The first-order chi connectivity index (χ1) is 7.18. The monoisotopic (exact) mass is 230 g/mol. The molecule has 0 atom stereocenters. The van der Waals surface area contributed by atoms with Gasteiger partial charge in [0.15, 0.2) is 11.0 Å². The Labute approximate surface area is 92.6 Å². The molecule has 1 aliphatic rings. The second kappa shape index (κ2) is 4.41. The van der Waals surface area contributed by atoms with Crippen LogP contribution in [0.15, 0.2) is 0 Å². The second-order valence-electron chi connectivity index (χ2n) is 3.66. The van der Waals surface area contributed by atoms with Gasteiger partial charge in [0.05, 0.1) is 5.69 Å². The molecule has 3 nitrogen and oxygen atoms in total. The first kappa shape index (κ1) is 10.8. The van der Waals surface area contributed by atoms with Gasteiger partial charge < -0.3 is 4.74 Å². The number of rotatable bonds is 1. The molecule has 82 valence electrons. The van der Waals surface area contributed by atoms with Crippen LogP contribution < -0.4 is 0 Å². The summed E-state index contributed by atoms with van der Waals surface area (Å²) in [5.74, 6) is 0.366. The van der Waals surface area contributed by atoms with E-state index in [-0.39, 0.29) is 11.1 Å². The van der Waals surface area contributed by atoms with Crippen molar-refractivity contribution in [3.8, 4) is 0 Å². The fourth-order valence-electron chi connectivity index (χ4n) is 1.68. The van der Waals surface area contributed by atoms with Gasteiger partial charge >= 0.3 is 0 Å². The van der Waals surface area contributed by atoms with Crippen LogP contribution in [0, 0.1) is 12.7 Å². The summed E-state index contributed by atoms with van der Waals surface area (Å²) in [6.45, 7) is 3.02. The Hall–Kier alpha value is -0.740. The summed E-state index contributed by atoms with van der Waals surface area (Å²) in [6, 6.07) is 0. The van der Waals surface area contributed by atoms with Crippen LogP contribution in [0.3, 0.4) is 0 Å². The summed E-state index contributed by atoms with van der Waals surface area (Å²) in [4.78, 5) is 8.11. The molecule has 0 aliphatic carbocycles. The van der Waals surface area contributed by atoms with E-state index in [4.69, 9.17) is 16.3 Å². The van der Waals surface area contributed by atoms with Crippen LogP contribution in [0.25, 0.3) is 0 Å². The van der Waals surface area contributed by atoms with E-state index in [1.165, 1.54) is 0 Å². The Bertz CT molecular complexity index is 343.